The van der Waals surface area contributed by atoms with Gasteiger partial charge in [-0.25, -0.2) is 0 Å². The molecule has 0 amide bonds. The predicted octanol–water partition coefficient (Wildman–Crippen LogP) is 2.22. The maximum Gasteiger partial charge on any atom is 0.155 e. The Bertz CT molecular complexity index is 229. The molecular weight excluding hydrogens is 164 g/mol. The summed E-state index contributed by atoms with van der Waals surface area (Å²) < 4.78 is 4.45. The first-order chi connectivity index (χ1) is 6.16. The standard InChI is InChI=1S/C7H8.C4H8O2/c1-7-5-3-2-4-6-7;1-4(5)3-6-2/h2-6H,1H3;3H2,1-2H3. The van der Waals surface area contributed by atoms with Crippen molar-refractivity contribution in [2.24, 2.45) is 0 Å². The van der Waals surface area contributed by atoms with Gasteiger partial charge < -0.3 is 4.74 Å². The zero-order valence-electron chi connectivity index (χ0n) is 8.41. The number of methoxy groups -OCH3 is 1. The van der Waals surface area contributed by atoms with Crippen molar-refractivity contribution in [3.8, 4) is 0 Å². The molecule has 0 aliphatic carbocycles. The van der Waals surface area contributed by atoms with Crippen LogP contribution in [-0.2, 0) is 9.53 Å². The molecule has 0 radical (unpaired) electrons. The van der Waals surface area contributed by atoms with Crippen LogP contribution >= 0.6 is 0 Å². The minimum absolute atomic E-state index is 0.0671. The summed E-state index contributed by atoms with van der Waals surface area (Å²) in [5.41, 5.74) is 1.32. The fourth-order valence-corrected chi connectivity index (χ4v) is 0.738. The maximum atomic E-state index is 9.92. The zero-order valence-corrected chi connectivity index (χ0v) is 8.41. The van der Waals surface area contributed by atoms with Crippen LogP contribution in [0.1, 0.15) is 12.5 Å². The third-order valence-electron chi connectivity index (χ3n) is 1.29. The van der Waals surface area contributed by atoms with Crippen LogP contribution in [0.3, 0.4) is 0 Å². The van der Waals surface area contributed by atoms with Crippen LogP contribution < -0.4 is 0 Å². The molecule has 0 saturated heterocycles. The van der Waals surface area contributed by atoms with Gasteiger partial charge in [-0.05, 0) is 13.8 Å². The summed E-state index contributed by atoms with van der Waals surface area (Å²) in [6.45, 7) is 3.81. The smallest absolute Gasteiger partial charge is 0.155 e. The molecule has 0 spiro atoms. The van der Waals surface area contributed by atoms with Crippen molar-refractivity contribution in [3.63, 3.8) is 0 Å². The van der Waals surface area contributed by atoms with E-state index in [0.29, 0.717) is 0 Å². The fourth-order valence-electron chi connectivity index (χ4n) is 0.738. The number of benzene rings is 1. The fraction of sp³-hybridized carbons (Fsp3) is 0.364. The molecule has 0 bridgehead atoms. The quantitative estimate of drug-likeness (QED) is 0.697. The molecule has 0 aromatic heterocycles. The van der Waals surface area contributed by atoms with Crippen molar-refractivity contribution in [1.29, 1.82) is 0 Å². The molecule has 0 atom stereocenters. The summed E-state index contributed by atoms with van der Waals surface area (Å²) in [5.74, 6) is 0.0671. The van der Waals surface area contributed by atoms with Crippen LogP contribution in [0.15, 0.2) is 30.3 Å². The molecule has 13 heavy (non-hydrogen) atoms. The van der Waals surface area contributed by atoms with E-state index in [1.54, 1.807) is 0 Å². The minimum Gasteiger partial charge on any atom is -0.377 e. The molecule has 0 N–H and O–H groups in total. The molecular formula is C11H16O2. The van der Waals surface area contributed by atoms with Gasteiger partial charge in [0.1, 0.15) is 6.61 Å². The highest BCUT2D eigenvalue weighted by molar-refractivity contribution is 5.76. The molecule has 1 aromatic carbocycles. The van der Waals surface area contributed by atoms with Crippen LogP contribution in [0.5, 0.6) is 0 Å². The van der Waals surface area contributed by atoms with Crippen LogP contribution in [-0.4, -0.2) is 19.5 Å². The number of hydrogen-bond acceptors (Lipinski definition) is 2. The van der Waals surface area contributed by atoms with Gasteiger partial charge in [-0.3, -0.25) is 4.79 Å². The van der Waals surface area contributed by atoms with E-state index < -0.39 is 0 Å². The van der Waals surface area contributed by atoms with Crippen molar-refractivity contribution in [2.45, 2.75) is 13.8 Å². The highest BCUT2D eigenvalue weighted by Gasteiger charge is 1.83. The number of rotatable bonds is 2. The van der Waals surface area contributed by atoms with Crippen LogP contribution in [0.25, 0.3) is 0 Å². The minimum atomic E-state index is 0.0671. The molecule has 0 aliphatic rings. The monoisotopic (exact) mass is 180 g/mol. The second-order valence-electron chi connectivity index (χ2n) is 2.79. The Morgan fingerprint density at radius 3 is 2.00 bits per heavy atom. The lowest BCUT2D eigenvalue weighted by Gasteiger charge is -1.84. The average molecular weight is 180 g/mol. The third-order valence-corrected chi connectivity index (χ3v) is 1.29. The maximum absolute atomic E-state index is 9.92. The molecule has 0 fully saturated rings. The Hall–Kier alpha value is -1.15. The predicted molar refractivity (Wildman–Crippen MR) is 53.7 cm³/mol. The lowest BCUT2D eigenvalue weighted by atomic mass is 10.2. The number of hydrogen-bond donors (Lipinski definition) is 0. The van der Waals surface area contributed by atoms with Gasteiger partial charge in [-0.1, -0.05) is 35.9 Å². The number of carbonyl (C=O) groups is 1. The molecule has 2 heteroatoms. The molecule has 0 heterocycles. The average Bonchev–Trinajstić information content (AvgIpc) is 2.06. The Balaban J connectivity index is 0.000000226. The molecule has 2 nitrogen and oxygen atoms in total. The van der Waals surface area contributed by atoms with Gasteiger partial charge in [0.2, 0.25) is 0 Å². The first-order valence-electron chi connectivity index (χ1n) is 4.17. The van der Waals surface area contributed by atoms with Crippen molar-refractivity contribution >= 4 is 5.78 Å². The molecule has 0 saturated carbocycles. The number of Topliss-reactive ketones (excluding diaryl/α,β-unsaturated/α-hetero) is 1. The lowest BCUT2D eigenvalue weighted by molar-refractivity contribution is -0.120. The topological polar surface area (TPSA) is 26.3 Å². The van der Waals surface area contributed by atoms with Crippen molar-refractivity contribution in [2.75, 3.05) is 13.7 Å². The summed E-state index contributed by atoms with van der Waals surface area (Å²) in [4.78, 5) is 9.92. The molecule has 1 aromatic rings. The Morgan fingerprint density at radius 2 is 1.85 bits per heavy atom. The van der Waals surface area contributed by atoms with Crippen molar-refractivity contribution in [3.05, 3.63) is 35.9 Å². The number of ketones is 1. The van der Waals surface area contributed by atoms with E-state index in [1.165, 1.54) is 19.6 Å². The number of aryl methyl sites for hydroxylation is 1. The summed E-state index contributed by atoms with van der Waals surface area (Å²) in [6, 6.07) is 10.3. The summed E-state index contributed by atoms with van der Waals surface area (Å²) in [7, 11) is 1.50. The van der Waals surface area contributed by atoms with E-state index in [1.807, 2.05) is 18.2 Å². The third kappa shape index (κ3) is 8.76. The van der Waals surface area contributed by atoms with Gasteiger partial charge in [0.15, 0.2) is 5.78 Å². The van der Waals surface area contributed by atoms with Crippen LogP contribution in [0.4, 0.5) is 0 Å². The van der Waals surface area contributed by atoms with Crippen LogP contribution in [0, 0.1) is 6.92 Å². The molecule has 1 rings (SSSR count). The Kier molecular flexibility index (Phi) is 6.83. The largest absolute Gasteiger partial charge is 0.377 e. The van der Waals surface area contributed by atoms with Gasteiger partial charge in [-0.15, -0.1) is 0 Å². The summed E-state index contributed by atoms with van der Waals surface area (Å²) in [6.07, 6.45) is 0. The molecule has 0 aliphatic heterocycles. The number of ether oxygens (including phenoxy) is 1. The number of carbonyl (C=O) groups excluding carboxylic acids is 1. The Morgan fingerprint density at radius 1 is 1.31 bits per heavy atom. The van der Waals surface area contributed by atoms with Gasteiger partial charge in [0.25, 0.3) is 0 Å². The normalized spacial score (nSPS) is 8.54. The second kappa shape index (κ2) is 7.50. The first kappa shape index (κ1) is 11.8. The zero-order chi connectivity index (χ0) is 10.1. The van der Waals surface area contributed by atoms with E-state index >= 15 is 0 Å². The summed E-state index contributed by atoms with van der Waals surface area (Å²) >= 11 is 0. The van der Waals surface area contributed by atoms with E-state index in [4.69, 9.17) is 0 Å². The second-order valence-corrected chi connectivity index (χ2v) is 2.79. The SMILES string of the molecule is COCC(C)=O.Cc1ccccc1. The van der Waals surface area contributed by atoms with Crippen molar-refractivity contribution in [1.82, 2.24) is 0 Å². The van der Waals surface area contributed by atoms with Gasteiger partial charge in [0, 0.05) is 7.11 Å². The van der Waals surface area contributed by atoms with Gasteiger partial charge in [0.05, 0.1) is 0 Å². The van der Waals surface area contributed by atoms with Gasteiger partial charge in [-0.2, -0.15) is 0 Å². The van der Waals surface area contributed by atoms with Crippen molar-refractivity contribution < 1.29 is 9.53 Å². The highest BCUT2D eigenvalue weighted by atomic mass is 16.5. The summed E-state index contributed by atoms with van der Waals surface area (Å²) in [5, 5.41) is 0. The van der Waals surface area contributed by atoms with E-state index in [-0.39, 0.29) is 12.4 Å². The van der Waals surface area contributed by atoms with E-state index in [0.717, 1.165) is 0 Å². The molecule has 0 unspecified atom stereocenters. The van der Waals surface area contributed by atoms with E-state index in [2.05, 4.69) is 23.8 Å². The molecule has 72 valence electrons. The first-order valence-corrected chi connectivity index (χ1v) is 4.17. The Labute approximate surface area is 79.5 Å². The van der Waals surface area contributed by atoms with Crippen LogP contribution in [0.2, 0.25) is 0 Å². The lowest BCUT2D eigenvalue weighted by Crippen LogP contribution is -1.98. The van der Waals surface area contributed by atoms with E-state index in [9.17, 15) is 4.79 Å². The highest BCUT2D eigenvalue weighted by Crippen LogP contribution is 1.92. The van der Waals surface area contributed by atoms with Gasteiger partial charge >= 0.3 is 0 Å².